The Morgan fingerprint density at radius 3 is 2.34 bits per heavy atom. The molecule has 10 nitrogen and oxygen atoms in total. The van der Waals surface area contributed by atoms with Crippen molar-refractivity contribution in [2.75, 3.05) is 36.4 Å². The van der Waals surface area contributed by atoms with Crippen LogP contribution in [0.5, 0.6) is 0 Å². The first-order chi connectivity index (χ1) is 18.3. The zero-order chi connectivity index (χ0) is 26.8. The fourth-order valence-electron chi connectivity index (χ4n) is 4.50. The van der Waals surface area contributed by atoms with Crippen LogP contribution in [0, 0.1) is 5.82 Å². The van der Waals surface area contributed by atoms with Gasteiger partial charge in [-0.25, -0.2) is 19.2 Å². The predicted octanol–water partition coefficient (Wildman–Crippen LogP) is 4.11. The third-order valence-corrected chi connectivity index (χ3v) is 6.58. The summed E-state index contributed by atoms with van der Waals surface area (Å²) in [6.07, 6.45) is 3.28. The zero-order valence-electron chi connectivity index (χ0n) is 21.2. The predicted molar refractivity (Wildman–Crippen MR) is 143 cm³/mol. The molecule has 38 heavy (non-hydrogen) atoms. The molecule has 0 spiro atoms. The molecule has 0 radical (unpaired) electrons. The summed E-state index contributed by atoms with van der Waals surface area (Å²) in [5.74, 6) is -0.186. The van der Waals surface area contributed by atoms with E-state index < -0.39 is 6.03 Å². The largest absolute Gasteiger partial charge is 0.368 e. The number of primary amides is 1. The monoisotopic (exact) mass is 516 g/mol. The highest BCUT2D eigenvalue weighted by Crippen LogP contribution is 2.32. The highest BCUT2D eigenvalue weighted by atomic mass is 19.1. The number of carbonyl (C=O) groups is 2. The van der Waals surface area contributed by atoms with Crippen LogP contribution in [-0.2, 0) is 0 Å². The van der Waals surface area contributed by atoms with E-state index >= 15 is 0 Å². The minimum atomic E-state index is -0.399. The van der Waals surface area contributed by atoms with Crippen molar-refractivity contribution in [2.45, 2.75) is 19.9 Å². The van der Waals surface area contributed by atoms with Crippen molar-refractivity contribution in [2.24, 2.45) is 5.73 Å². The number of nitrogens with one attached hydrogen (secondary N) is 2. The van der Waals surface area contributed by atoms with Crippen molar-refractivity contribution in [3.05, 3.63) is 72.6 Å². The molecule has 3 amide bonds. The molecule has 1 fully saturated rings. The Labute approximate surface area is 219 Å². The van der Waals surface area contributed by atoms with Crippen LogP contribution in [0.4, 0.5) is 20.6 Å². The van der Waals surface area contributed by atoms with Crippen LogP contribution in [0.25, 0.3) is 22.8 Å². The van der Waals surface area contributed by atoms with Crippen molar-refractivity contribution >= 4 is 23.3 Å². The molecule has 196 valence electrons. The maximum atomic E-state index is 13.5. The number of nitrogens with zero attached hydrogens (tertiary/aromatic N) is 5. The summed E-state index contributed by atoms with van der Waals surface area (Å²) in [5, 5.41) is 2.89. The third kappa shape index (κ3) is 5.08. The number of hydrogen-bond acceptors (Lipinski definition) is 5. The van der Waals surface area contributed by atoms with Crippen molar-refractivity contribution in [3.8, 4) is 22.8 Å². The number of hydrogen-bond donors (Lipinski definition) is 3. The second kappa shape index (κ2) is 10.4. The summed E-state index contributed by atoms with van der Waals surface area (Å²) in [6.45, 7) is 6.59. The van der Waals surface area contributed by atoms with Crippen LogP contribution in [0.15, 0.2) is 61.1 Å². The molecule has 11 heteroatoms. The number of carbonyl (C=O) groups excluding carboxylic acids is 2. The van der Waals surface area contributed by atoms with Gasteiger partial charge in [0.05, 0.1) is 12.0 Å². The van der Waals surface area contributed by atoms with Crippen LogP contribution in [-0.4, -0.2) is 62.5 Å². The summed E-state index contributed by atoms with van der Waals surface area (Å²) >= 11 is 0. The summed E-state index contributed by atoms with van der Waals surface area (Å²) in [7, 11) is 0. The number of nitrogens with two attached hydrogens (primary N) is 1. The van der Waals surface area contributed by atoms with Gasteiger partial charge in [0.15, 0.2) is 5.82 Å². The van der Waals surface area contributed by atoms with Gasteiger partial charge in [-0.15, -0.1) is 0 Å². The molecule has 2 aromatic carbocycles. The minimum Gasteiger partial charge on any atom is -0.368 e. The normalized spacial score (nSPS) is 13.7. The first-order valence-corrected chi connectivity index (χ1v) is 12.4. The number of benzene rings is 2. The number of H-pyrrole nitrogens is 1. The van der Waals surface area contributed by atoms with Gasteiger partial charge in [-0.05, 0) is 62.4 Å². The summed E-state index contributed by atoms with van der Waals surface area (Å²) < 4.78 is 15.4. The number of rotatable bonds is 6. The van der Waals surface area contributed by atoms with Crippen molar-refractivity contribution in [3.63, 3.8) is 0 Å². The number of amides is 3. The van der Waals surface area contributed by atoms with Crippen molar-refractivity contribution in [1.29, 1.82) is 0 Å². The number of halogens is 1. The first-order valence-electron chi connectivity index (χ1n) is 12.4. The molecule has 4 N–H and O–H groups in total. The molecule has 1 aliphatic heterocycles. The number of imidazole rings is 2. The SMILES string of the molecule is CC(C)n1cnc(-c2ccc(F)cc2)c1-c1nc(C(=O)Nc2ccc(N3CCN(C(N)=O)CC3)cc2)c[nH]1. The molecule has 0 saturated carbocycles. The zero-order valence-corrected chi connectivity index (χ0v) is 21.2. The molecule has 1 saturated heterocycles. The average Bonchev–Trinajstić information content (AvgIpc) is 3.57. The van der Waals surface area contributed by atoms with Crippen LogP contribution in [0.1, 0.15) is 30.4 Å². The summed E-state index contributed by atoms with van der Waals surface area (Å²) in [5.41, 5.74) is 9.34. The van der Waals surface area contributed by atoms with Crippen LogP contribution in [0.3, 0.4) is 0 Å². The van der Waals surface area contributed by atoms with Crippen LogP contribution >= 0.6 is 0 Å². The van der Waals surface area contributed by atoms with Gasteiger partial charge in [0.2, 0.25) is 0 Å². The van der Waals surface area contributed by atoms with E-state index in [1.54, 1.807) is 29.6 Å². The highest BCUT2D eigenvalue weighted by molar-refractivity contribution is 6.03. The molecule has 1 aliphatic rings. The second-order valence-electron chi connectivity index (χ2n) is 9.40. The van der Waals surface area contributed by atoms with E-state index in [2.05, 4.69) is 25.2 Å². The van der Waals surface area contributed by atoms with E-state index in [4.69, 9.17) is 5.73 Å². The van der Waals surface area contributed by atoms with Gasteiger partial charge < -0.3 is 30.4 Å². The molecule has 0 aliphatic carbocycles. The Kier molecular flexibility index (Phi) is 6.82. The topological polar surface area (TPSA) is 125 Å². The molecule has 5 rings (SSSR count). The number of urea groups is 1. The second-order valence-corrected chi connectivity index (χ2v) is 9.40. The Hall–Kier alpha value is -4.67. The summed E-state index contributed by atoms with van der Waals surface area (Å²) in [4.78, 5) is 40.3. The van der Waals surface area contributed by atoms with E-state index in [-0.39, 0.29) is 23.5 Å². The Balaban J connectivity index is 1.31. The van der Waals surface area contributed by atoms with Gasteiger partial charge in [0, 0.05) is 55.4 Å². The van der Waals surface area contributed by atoms with E-state index in [0.29, 0.717) is 49.1 Å². The molecule has 3 heterocycles. The lowest BCUT2D eigenvalue weighted by Crippen LogP contribution is -2.50. The lowest BCUT2D eigenvalue weighted by molar-refractivity contribution is 0.102. The lowest BCUT2D eigenvalue weighted by atomic mass is 10.1. The van der Waals surface area contributed by atoms with Crippen molar-refractivity contribution in [1.82, 2.24) is 24.4 Å². The maximum absolute atomic E-state index is 13.5. The molecular weight excluding hydrogens is 487 g/mol. The van der Waals surface area contributed by atoms with E-state index in [9.17, 15) is 14.0 Å². The number of aromatic amines is 1. The average molecular weight is 517 g/mol. The standard InChI is InChI=1S/C27H29FN8O2/c1-17(2)36-16-31-23(18-3-5-19(28)6-4-18)24(36)25-30-15-22(33-25)26(37)32-20-7-9-21(10-8-20)34-11-13-35(14-12-34)27(29)38/h3-10,15-17H,11-14H2,1-2H3,(H2,29,38)(H,30,33)(H,32,37). The Bertz CT molecular complexity index is 1430. The van der Waals surface area contributed by atoms with Crippen LogP contribution in [0.2, 0.25) is 0 Å². The molecule has 2 aromatic heterocycles. The van der Waals surface area contributed by atoms with Gasteiger partial charge in [0.25, 0.3) is 5.91 Å². The highest BCUT2D eigenvalue weighted by Gasteiger charge is 2.22. The minimum absolute atomic E-state index is 0.0892. The van der Waals surface area contributed by atoms with Gasteiger partial charge in [-0.2, -0.15) is 0 Å². The van der Waals surface area contributed by atoms with Gasteiger partial charge >= 0.3 is 6.03 Å². The number of anilines is 2. The fraction of sp³-hybridized carbons (Fsp3) is 0.259. The number of piperazine rings is 1. The van der Waals surface area contributed by atoms with Crippen molar-refractivity contribution < 1.29 is 14.0 Å². The van der Waals surface area contributed by atoms with E-state index in [1.165, 1.54) is 12.1 Å². The molecule has 0 atom stereocenters. The summed E-state index contributed by atoms with van der Waals surface area (Å²) in [6, 6.07) is 13.3. The van der Waals surface area contributed by atoms with E-state index in [0.717, 1.165) is 11.3 Å². The smallest absolute Gasteiger partial charge is 0.314 e. The molecule has 0 bridgehead atoms. The third-order valence-electron chi connectivity index (χ3n) is 6.58. The van der Waals surface area contributed by atoms with Gasteiger partial charge in [0.1, 0.15) is 17.2 Å². The molecule has 0 unspecified atom stereocenters. The lowest BCUT2D eigenvalue weighted by Gasteiger charge is -2.35. The van der Waals surface area contributed by atoms with Crippen LogP contribution < -0.4 is 16.0 Å². The Morgan fingerprint density at radius 2 is 1.71 bits per heavy atom. The number of aromatic nitrogens is 4. The quantitative estimate of drug-likeness (QED) is 0.356. The molecule has 4 aromatic rings. The first kappa shape index (κ1) is 25.0. The Morgan fingerprint density at radius 1 is 1.03 bits per heavy atom. The van der Waals surface area contributed by atoms with Gasteiger partial charge in [-0.3, -0.25) is 4.79 Å². The van der Waals surface area contributed by atoms with E-state index in [1.807, 2.05) is 42.7 Å². The fourth-order valence-corrected chi connectivity index (χ4v) is 4.50. The maximum Gasteiger partial charge on any atom is 0.314 e. The molecular formula is C27H29FN8O2. The van der Waals surface area contributed by atoms with Gasteiger partial charge in [-0.1, -0.05) is 0 Å².